The van der Waals surface area contributed by atoms with Crippen molar-refractivity contribution < 1.29 is 19.1 Å². The second-order valence-electron chi connectivity index (χ2n) is 6.24. The van der Waals surface area contributed by atoms with E-state index in [1.54, 1.807) is 33.7 Å². The standard InChI is InChI=1S/C16H24N4O4/c1-3-20-13(4-5-17-20)14(21)19-8-11-24-16(2,12-19)15(22)18-6-9-23-10-7-18/h4-5H,3,6-12H2,1-2H3. The Hall–Kier alpha value is -1.93. The van der Waals surface area contributed by atoms with Gasteiger partial charge in [0.05, 0.1) is 26.4 Å². The van der Waals surface area contributed by atoms with Crippen LogP contribution in [0.3, 0.4) is 0 Å². The summed E-state index contributed by atoms with van der Waals surface area (Å²) in [4.78, 5) is 29.1. The van der Waals surface area contributed by atoms with E-state index in [0.717, 1.165) is 0 Å². The summed E-state index contributed by atoms with van der Waals surface area (Å²) < 4.78 is 12.7. The molecule has 2 aliphatic heterocycles. The van der Waals surface area contributed by atoms with E-state index < -0.39 is 5.60 Å². The first-order valence-electron chi connectivity index (χ1n) is 8.37. The zero-order valence-electron chi connectivity index (χ0n) is 14.2. The quantitative estimate of drug-likeness (QED) is 0.776. The highest BCUT2D eigenvalue weighted by molar-refractivity contribution is 5.94. The predicted octanol–water partition coefficient (Wildman–Crippen LogP) is -0.00710. The number of rotatable bonds is 3. The summed E-state index contributed by atoms with van der Waals surface area (Å²) in [6.07, 6.45) is 1.62. The van der Waals surface area contributed by atoms with E-state index >= 15 is 0 Å². The van der Waals surface area contributed by atoms with E-state index in [-0.39, 0.29) is 18.4 Å². The number of hydrogen-bond acceptors (Lipinski definition) is 5. The average Bonchev–Trinajstić information content (AvgIpc) is 3.10. The number of carbonyl (C=O) groups is 2. The van der Waals surface area contributed by atoms with E-state index in [9.17, 15) is 9.59 Å². The molecular weight excluding hydrogens is 312 g/mol. The first-order valence-corrected chi connectivity index (χ1v) is 8.37. The summed E-state index contributed by atoms with van der Waals surface area (Å²) in [6, 6.07) is 1.71. The third kappa shape index (κ3) is 3.16. The second kappa shape index (κ2) is 6.90. The second-order valence-corrected chi connectivity index (χ2v) is 6.24. The molecule has 8 nitrogen and oxygen atoms in total. The van der Waals surface area contributed by atoms with Gasteiger partial charge in [-0.15, -0.1) is 0 Å². The van der Waals surface area contributed by atoms with Crippen LogP contribution in [0.4, 0.5) is 0 Å². The lowest BCUT2D eigenvalue weighted by atomic mass is 10.0. The molecule has 2 amide bonds. The van der Waals surface area contributed by atoms with Crippen molar-refractivity contribution in [3.05, 3.63) is 18.0 Å². The van der Waals surface area contributed by atoms with Gasteiger partial charge in [0.1, 0.15) is 5.69 Å². The molecule has 2 fully saturated rings. The molecule has 0 spiro atoms. The summed E-state index contributed by atoms with van der Waals surface area (Å²) >= 11 is 0. The van der Waals surface area contributed by atoms with Gasteiger partial charge in [0.2, 0.25) is 0 Å². The molecule has 2 aliphatic rings. The van der Waals surface area contributed by atoms with Crippen molar-refractivity contribution in [2.75, 3.05) is 46.0 Å². The van der Waals surface area contributed by atoms with Gasteiger partial charge in [-0.05, 0) is 19.9 Å². The monoisotopic (exact) mass is 336 g/mol. The number of amides is 2. The van der Waals surface area contributed by atoms with Gasteiger partial charge in [-0.3, -0.25) is 14.3 Å². The van der Waals surface area contributed by atoms with E-state index in [1.165, 1.54) is 0 Å². The van der Waals surface area contributed by atoms with Gasteiger partial charge in [0.15, 0.2) is 5.60 Å². The smallest absolute Gasteiger partial charge is 0.272 e. The summed E-state index contributed by atoms with van der Waals surface area (Å²) in [5.41, 5.74) is -0.469. The Balaban J connectivity index is 1.73. The number of aromatic nitrogens is 2. The van der Waals surface area contributed by atoms with Crippen LogP contribution in [0.1, 0.15) is 24.3 Å². The SMILES string of the molecule is CCn1nccc1C(=O)N1CCOC(C)(C(=O)N2CCOCC2)C1. The van der Waals surface area contributed by atoms with Gasteiger partial charge in [-0.25, -0.2) is 0 Å². The lowest BCUT2D eigenvalue weighted by Crippen LogP contribution is -2.61. The molecule has 1 aromatic rings. The molecule has 1 unspecified atom stereocenters. The molecule has 3 heterocycles. The molecule has 0 bridgehead atoms. The van der Waals surface area contributed by atoms with Crippen molar-refractivity contribution in [2.24, 2.45) is 0 Å². The van der Waals surface area contributed by atoms with Crippen LogP contribution < -0.4 is 0 Å². The van der Waals surface area contributed by atoms with E-state index in [1.807, 2.05) is 6.92 Å². The van der Waals surface area contributed by atoms with Crippen molar-refractivity contribution >= 4 is 11.8 Å². The van der Waals surface area contributed by atoms with Crippen molar-refractivity contribution in [3.63, 3.8) is 0 Å². The summed E-state index contributed by atoms with van der Waals surface area (Å²) in [7, 11) is 0. The minimum atomic E-state index is -1.01. The Morgan fingerprint density at radius 2 is 1.92 bits per heavy atom. The molecule has 0 saturated carbocycles. The average molecular weight is 336 g/mol. The van der Waals surface area contributed by atoms with E-state index in [0.29, 0.717) is 51.7 Å². The van der Waals surface area contributed by atoms with Gasteiger partial charge in [-0.2, -0.15) is 5.10 Å². The Bertz CT molecular complexity index is 611. The van der Waals surface area contributed by atoms with Crippen LogP contribution >= 0.6 is 0 Å². The lowest BCUT2D eigenvalue weighted by molar-refractivity contribution is -0.168. The number of ether oxygens (including phenoxy) is 2. The van der Waals surface area contributed by atoms with Crippen LogP contribution in [0.15, 0.2) is 12.3 Å². The van der Waals surface area contributed by atoms with Gasteiger partial charge >= 0.3 is 0 Å². The first kappa shape index (κ1) is 16.9. The topological polar surface area (TPSA) is 76.9 Å². The highest BCUT2D eigenvalue weighted by Crippen LogP contribution is 2.22. The number of hydrogen-bond donors (Lipinski definition) is 0. The summed E-state index contributed by atoms with van der Waals surface area (Å²) in [5.74, 6) is -0.189. The molecule has 3 rings (SSSR count). The Morgan fingerprint density at radius 3 is 2.62 bits per heavy atom. The molecule has 0 radical (unpaired) electrons. The molecule has 0 aliphatic carbocycles. The number of nitrogens with zero attached hydrogens (tertiary/aromatic N) is 4. The molecule has 1 atom stereocenters. The summed E-state index contributed by atoms with van der Waals surface area (Å²) in [5, 5.41) is 4.14. The maximum Gasteiger partial charge on any atom is 0.272 e. The number of carbonyl (C=O) groups excluding carboxylic acids is 2. The minimum Gasteiger partial charge on any atom is -0.378 e. The Labute approximate surface area is 141 Å². The first-order chi connectivity index (χ1) is 11.5. The molecule has 1 aromatic heterocycles. The van der Waals surface area contributed by atoms with Crippen molar-refractivity contribution in [1.82, 2.24) is 19.6 Å². The lowest BCUT2D eigenvalue weighted by Gasteiger charge is -2.42. The zero-order chi connectivity index (χ0) is 17.2. The fourth-order valence-corrected chi connectivity index (χ4v) is 3.20. The molecule has 132 valence electrons. The third-order valence-electron chi connectivity index (χ3n) is 4.55. The highest BCUT2D eigenvalue weighted by Gasteiger charge is 2.43. The Kier molecular flexibility index (Phi) is 4.86. The molecule has 24 heavy (non-hydrogen) atoms. The third-order valence-corrected chi connectivity index (χ3v) is 4.55. The predicted molar refractivity (Wildman–Crippen MR) is 85.6 cm³/mol. The van der Waals surface area contributed by atoms with Crippen molar-refractivity contribution in [2.45, 2.75) is 26.0 Å². The normalized spacial score (nSPS) is 24.9. The fourth-order valence-electron chi connectivity index (χ4n) is 3.20. The number of aryl methyl sites for hydroxylation is 1. The number of morpholine rings is 2. The van der Waals surface area contributed by atoms with Crippen LogP contribution in [0.2, 0.25) is 0 Å². The van der Waals surface area contributed by atoms with Gasteiger partial charge < -0.3 is 19.3 Å². The summed E-state index contributed by atoms with van der Waals surface area (Å²) in [6.45, 7) is 7.61. The molecule has 0 aromatic carbocycles. The van der Waals surface area contributed by atoms with Crippen LogP contribution in [0, 0.1) is 0 Å². The maximum absolute atomic E-state index is 12.8. The van der Waals surface area contributed by atoms with Gasteiger partial charge in [-0.1, -0.05) is 0 Å². The maximum atomic E-state index is 12.8. The van der Waals surface area contributed by atoms with Gasteiger partial charge in [0.25, 0.3) is 11.8 Å². The molecule has 8 heteroatoms. The minimum absolute atomic E-state index is 0.0766. The highest BCUT2D eigenvalue weighted by atomic mass is 16.5. The Morgan fingerprint density at radius 1 is 1.21 bits per heavy atom. The molecule has 2 saturated heterocycles. The van der Waals surface area contributed by atoms with Crippen molar-refractivity contribution in [1.29, 1.82) is 0 Å². The van der Waals surface area contributed by atoms with Crippen LogP contribution in [0.25, 0.3) is 0 Å². The van der Waals surface area contributed by atoms with E-state index in [2.05, 4.69) is 5.10 Å². The van der Waals surface area contributed by atoms with Crippen molar-refractivity contribution in [3.8, 4) is 0 Å². The van der Waals surface area contributed by atoms with E-state index in [4.69, 9.17) is 9.47 Å². The largest absolute Gasteiger partial charge is 0.378 e. The van der Waals surface area contributed by atoms with Crippen LogP contribution in [-0.4, -0.2) is 83.0 Å². The van der Waals surface area contributed by atoms with Crippen LogP contribution in [-0.2, 0) is 20.8 Å². The van der Waals surface area contributed by atoms with Crippen LogP contribution in [0.5, 0.6) is 0 Å². The van der Waals surface area contributed by atoms with Gasteiger partial charge in [0, 0.05) is 32.4 Å². The molecular formula is C16H24N4O4. The zero-order valence-corrected chi connectivity index (χ0v) is 14.2. The fraction of sp³-hybridized carbons (Fsp3) is 0.688. The molecule has 0 N–H and O–H groups in total.